The van der Waals surface area contributed by atoms with Crippen molar-refractivity contribution in [2.24, 2.45) is 0 Å². The summed E-state index contributed by atoms with van der Waals surface area (Å²) in [4.78, 5) is 12.8. The second-order valence-electron chi connectivity index (χ2n) is 4.75. The molecule has 118 valence electrons. The van der Waals surface area contributed by atoms with Gasteiger partial charge in [0.1, 0.15) is 6.54 Å². The summed E-state index contributed by atoms with van der Waals surface area (Å²) in [5.41, 5.74) is 6.93. The minimum Gasteiger partial charge on any atom is -0.465 e. The standard InChI is InChI=1S/C14H19F3N2O2/c1-4-5-19(8-14(15,16)17)10-6-9(2)12(18)11(7-10)13(20)21-3/h6-7H,4-5,8,18H2,1-3H3. The van der Waals surface area contributed by atoms with Gasteiger partial charge in [-0.25, -0.2) is 4.79 Å². The van der Waals surface area contributed by atoms with Crippen molar-refractivity contribution in [3.8, 4) is 0 Å². The molecule has 0 atom stereocenters. The zero-order chi connectivity index (χ0) is 16.2. The molecule has 0 aromatic heterocycles. The maximum Gasteiger partial charge on any atom is 0.405 e. The lowest BCUT2D eigenvalue weighted by molar-refractivity contribution is -0.119. The lowest BCUT2D eigenvalue weighted by Crippen LogP contribution is -2.35. The first-order valence-electron chi connectivity index (χ1n) is 6.49. The second kappa shape index (κ2) is 6.69. The van der Waals surface area contributed by atoms with Gasteiger partial charge in [0.25, 0.3) is 0 Å². The number of nitrogens with two attached hydrogens (primary N) is 1. The second-order valence-corrected chi connectivity index (χ2v) is 4.75. The Bertz CT molecular complexity index is 516. The monoisotopic (exact) mass is 304 g/mol. The van der Waals surface area contributed by atoms with E-state index in [0.29, 0.717) is 17.7 Å². The van der Waals surface area contributed by atoms with Gasteiger partial charge in [0.05, 0.1) is 12.7 Å². The van der Waals surface area contributed by atoms with Crippen molar-refractivity contribution in [2.75, 3.05) is 30.8 Å². The number of hydrogen-bond donors (Lipinski definition) is 1. The Labute approximate surface area is 121 Å². The van der Waals surface area contributed by atoms with Crippen LogP contribution in [-0.2, 0) is 4.74 Å². The molecule has 0 aliphatic carbocycles. The van der Waals surface area contributed by atoms with E-state index in [4.69, 9.17) is 5.73 Å². The molecule has 0 saturated heterocycles. The van der Waals surface area contributed by atoms with Crippen LogP contribution in [0.5, 0.6) is 0 Å². The maximum atomic E-state index is 12.7. The van der Waals surface area contributed by atoms with Crippen molar-refractivity contribution in [1.82, 2.24) is 0 Å². The number of hydrogen-bond acceptors (Lipinski definition) is 4. The summed E-state index contributed by atoms with van der Waals surface area (Å²) in [6.07, 6.45) is -3.77. The number of aryl methyl sites for hydroxylation is 1. The molecule has 1 aromatic rings. The summed E-state index contributed by atoms with van der Waals surface area (Å²) in [5.74, 6) is -0.666. The fourth-order valence-electron chi connectivity index (χ4n) is 2.03. The normalized spacial score (nSPS) is 11.3. The molecule has 0 bridgehead atoms. The van der Waals surface area contributed by atoms with Crippen LogP contribution in [-0.4, -0.2) is 32.3 Å². The van der Waals surface area contributed by atoms with Gasteiger partial charge in [-0.2, -0.15) is 13.2 Å². The third-order valence-corrected chi connectivity index (χ3v) is 3.01. The fraction of sp³-hybridized carbons (Fsp3) is 0.500. The predicted molar refractivity (Wildman–Crippen MR) is 75.5 cm³/mol. The predicted octanol–water partition coefficient (Wildman–Crippen LogP) is 3.14. The van der Waals surface area contributed by atoms with E-state index in [0.717, 1.165) is 0 Å². The summed E-state index contributed by atoms with van der Waals surface area (Å²) in [5, 5.41) is 0. The summed E-state index contributed by atoms with van der Waals surface area (Å²) in [6.45, 7) is 2.58. The Morgan fingerprint density at radius 3 is 2.48 bits per heavy atom. The number of rotatable bonds is 5. The van der Waals surface area contributed by atoms with E-state index in [9.17, 15) is 18.0 Å². The summed E-state index contributed by atoms with van der Waals surface area (Å²) < 4.78 is 42.6. The van der Waals surface area contributed by atoms with Gasteiger partial charge in [-0.15, -0.1) is 0 Å². The number of ether oxygens (including phenoxy) is 1. The van der Waals surface area contributed by atoms with E-state index in [1.54, 1.807) is 19.9 Å². The average Bonchev–Trinajstić information content (AvgIpc) is 2.39. The zero-order valence-electron chi connectivity index (χ0n) is 12.3. The highest BCUT2D eigenvalue weighted by Gasteiger charge is 2.31. The molecule has 7 heteroatoms. The number of nitrogen functional groups attached to an aromatic ring is 1. The lowest BCUT2D eigenvalue weighted by atomic mass is 10.1. The number of carbonyl (C=O) groups is 1. The summed E-state index contributed by atoms with van der Waals surface area (Å²) in [6, 6.07) is 2.89. The average molecular weight is 304 g/mol. The molecule has 21 heavy (non-hydrogen) atoms. The molecule has 0 unspecified atom stereocenters. The third-order valence-electron chi connectivity index (χ3n) is 3.01. The van der Waals surface area contributed by atoms with Gasteiger partial charge in [-0.3, -0.25) is 0 Å². The van der Waals surface area contributed by atoms with Gasteiger partial charge in [0, 0.05) is 17.9 Å². The van der Waals surface area contributed by atoms with Crippen LogP contribution in [0, 0.1) is 6.92 Å². The van der Waals surface area contributed by atoms with Crippen molar-refractivity contribution in [3.05, 3.63) is 23.3 Å². The molecular weight excluding hydrogens is 285 g/mol. The van der Waals surface area contributed by atoms with Crippen LogP contribution in [0.3, 0.4) is 0 Å². The van der Waals surface area contributed by atoms with Crippen LogP contribution in [0.2, 0.25) is 0 Å². The molecule has 2 N–H and O–H groups in total. The summed E-state index contributed by atoms with van der Waals surface area (Å²) in [7, 11) is 1.20. The number of benzene rings is 1. The molecule has 1 rings (SSSR count). The molecule has 0 amide bonds. The minimum absolute atomic E-state index is 0.0794. The molecule has 0 aliphatic rings. The van der Waals surface area contributed by atoms with E-state index in [1.165, 1.54) is 18.1 Å². The molecule has 0 aliphatic heterocycles. The first kappa shape index (κ1) is 17.1. The van der Waals surface area contributed by atoms with Crippen LogP contribution < -0.4 is 10.6 Å². The maximum absolute atomic E-state index is 12.7. The number of nitrogens with zero attached hydrogens (tertiary/aromatic N) is 1. The Morgan fingerprint density at radius 1 is 1.38 bits per heavy atom. The molecule has 0 fully saturated rings. The van der Waals surface area contributed by atoms with Crippen LogP contribution in [0.15, 0.2) is 12.1 Å². The molecule has 0 radical (unpaired) electrons. The van der Waals surface area contributed by atoms with Crippen molar-refractivity contribution in [3.63, 3.8) is 0 Å². The van der Waals surface area contributed by atoms with Gasteiger partial charge in [-0.1, -0.05) is 6.92 Å². The van der Waals surface area contributed by atoms with Crippen LogP contribution in [0.1, 0.15) is 29.3 Å². The number of carbonyl (C=O) groups excluding carboxylic acids is 1. The minimum atomic E-state index is -4.32. The highest BCUT2D eigenvalue weighted by molar-refractivity contribution is 5.97. The summed E-state index contributed by atoms with van der Waals surface area (Å²) >= 11 is 0. The van der Waals surface area contributed by atoms with Gasteiger partial charge in [0.2, 0.25) is 0 Å². The fourth-order valence-corrected chi connectivity index (χ4v) is 2.03. The van der Waals surface area contributed by atoms with E-state index >= 15 is 0 Å². The highest BCUT2D eigenvalue weighted by atomic mass is 19.4. The Kier molecular flexibility index (Phi) is 5.46. The largest absolute Gasteiger partial charge is 0.465 e. The number of alkyl halides is 3. The molecule has 0 spiro atoms. The molecule has 1 aromatic carbocycles. The SMILES string of the molecule is CCCN(CC(F)(F)F)c1cc(C)c(N)c(C(=O)OC)c1. The van der Waals surface area contributed by atoms with Crippen molar-refractivity contribution >= 4 is 17.3 Å². The molecule has 0 heterocycles. The van der Waals surface area contributed by atoms with E-state index in [2.05, 4.69) is 4.74 Å². The lowest BCUT2D eigenvalue weighted by Gasteiger charge is -2.26. The van der Waals surface area contributed by atoms with Crippen molar-refractivity contribution < 1.29 is 22.7 Å². The number of methoxy groups -OCH3 is 1. The Balaban J connectivity index is 3.25. The van der Waals surface area contributed by atoms with Gasteiger partial charge >= 0.3 is 12.1 Å². The Morgan fingerprint density at radius 2 is 2.00 bits per heavy atom. The number of esters is 1. The Hall–Kier alpha value is -1.92. The van der Waals surface area contributed by atoms with Crippen molar-refractivity contribution in [2.45, 2.75) is 26.4 Å². The van der Waals surface area contributed by atoms with E-state index in [-0.39, 0.29) is 17.8 Å². The molecule has 0 saturated carbocycles. The van der Waals surface area contributed by atoms with Crippen LogP contribution in [0.4, 0.5) is 24.5 Å². The highest BCUT2D eigenvalue weighted by Crippen LogP contribution is 2.28. The first-order valence-corrected chi connectivity index (χ1v) is 6.49. The number of anilines is 2. The zero-order valence-corrected chi connectivity index (χ0v) is 12.3. The first-order chi connectivity index (χ1) is 9.69. The third kappa shape index (κ3) is 4.54. The van der Waals surface area contributed by atoms with Crippen LogP contribution >= 0.6 is 0 Å². The van der Waals surface area contributed by atoms with Gasteiger partial charge < -0.3 is 15.4 Å². The van der Waals surface area contributed by atoms with E-state index < -0.39 is 18.7 Å². The number of halogens is 3. The van der Waals surface area contributed by atoms with Gasteiger partial charge in [0.15, 0.2) is 0 Å². The molecule has 4 nitrogen and oxygen atoms in total. The van der Waals surface area contributed by atoms with Crippen molar-refractivity contribution in [1.29, 1.82) is 0 Å². The van der Waals surface area contributed by atoms with Crippen LogP contribution in [0.25, 0.3) is 0 Å². The topological polar surface area (TPSA) is 55.6 Å². The smallest absolute Gasteiger partial charge is 0.405 e. The van der Waals surface area contributed by atoms with Gasteiger partial charge in [-0.05, 0) is 31.0 Å². The molecular formula is C14H19F3N2O2. The van der Waals surface area contributed by atoms with E-state index in [1.807, 2.05) is 0 Å². The quantitative estimate of drug-likeness (QED) is 0.670.